The van der Waals surface area contributed by atoms with Gasteiger partial charge in [-0.3, -0.25) is 0 Å². The first-order valence-electron chi connectivity index (χ1n) is 9.94. The first-order chi connectivity index (χ1) is 13.9. The standard InChI is InChI=1S/C19H27F3N4O3/c20-19(21,22)15-4-5-17(24-13-15)25-7-2-8-26(10-9-25)18(27)23-6-12-28-14-16-3-1-11-29-16/h4-5,13,16H,1-3,6-12,14H2,(H,23,27). The molecule has 1 aromatic heterocycles. The summed E-state index contributed by atoms with van der Waals surface area (Å²) >= 11 is 0. The van der Waals surface area contributed by atoms with Crippen LogP contribution in [-0.2, 0) is 15.7 Å². The normalized spacial score (nSPS) is 20.6. The highest BCUT2D eigenvalue weighted by atomic mass is 19.4. The molecule has 0 spiro atoms. The Bertz CT molecular complexity index is 651. The number of urea groups is 1. The van der Waals surface area contributed by atoms with Gasteiger partial charge in [0.05, 0.1) is 24.9 Å². The van der Waals surface area contributed by atoms with Gasteiger partial charge < -0.3 is 24.6 Å². The van der Waals surface area contributed by atoms with Crippen LogP contribution < -0.4 is 10.2 Å². The molecule has 2 saturated heterocycles. The summed E-state index contributed by atoms with van der Waals surface area (Å²) in [4.78, 5) is 19.9. The van der Waals surface area contributed by atoms with E-state index in [1.165, 1.54) is 6.07 Å². The highest BCUT2D eigenvalue weighted by molar-refractivity contribution is 5.74. The lowest BCUT2D eigenvalue weighted by molar-refractivity contribution is -0.137. The maximum absolute atomic E-state index is 12.7. The van der Waals surface area contributed by atoms with Gasteiger partial charge in [-0.15, -0.1) is 0 Å². The van der Waals surface area contributed by atoms with E-state index in [-0.39, 0.29) is 12.1 Å². The minimum atomic E-state index is -4.40. The molecule has 2 aliphatic heterocycles. The average molecular weight is 416 g/mol. The van der Waals surface area contributed by atoms with Crippen LogP contribution in [0.4, 0.5) is 23.8 Å². The molecule has 2 aliphatic rings. The highest BCUT2D eigenvalue weighted by Gasteiger charge is 2.31. The zero-order valence-electron chi connectivity index (χ0n) is 16.3. The van der Waals surface area contributed by atoms with Crippen LogP contribution in [0.2, 0.25) is 0 Å². The zero-order chi connectivity index (χ0) is 20.7. The van der Waals surface area contributed by atoms with Crippen molar-refractivity contribution in [3.63, 3.8) is 0 Å². The molecular weight excluding hydrogens is 389 g/mol. The lowest BCUT2D eigenvalue weighted by atomic mass is 10.2. The fourth-order valence-electron chi connectivity index (χ4n) is 3.42. The Kier molecular flexibility index (Phi) is 7.54. The molecular formula is C19H27F3N4O3. The molecule has 3 heterocycles. The smallest absolute Gasteiger partial charge is 0.377 e. The number of nitrogens with zero attached hydrogens (tertiary/aromatic N) is 3. The van der Waals surface area contributed by atoms with Crippen molar-refractivity contribution < 1.29 is 27.4 Å². The molecule has 3 rings (SSSR count). The summed E-state index contributed by atoms with van der Waals surface area (Å²) in [5.41, 5.74) is -0.765. The lowest BCUT2D eigenvalue weighted by Gasteiger charge is -2.23. The number of alkyl halides is 3. The van der Waals surface area contributed by atoms with Crippen molar-refractivity contribution in [1.82, 2.24) is 15.2 Å². The van der Waals surface area contributed by atoms with Gasteiger partial charge >= 0.3 is 12.2 Å². The van der Waals surface area contributed by atoms with E-state index in [1.807, 2.05) is 4.90 Å². The molecule has 1 N–H and O–H groups in total. The first-order valence-corrected chi connectivity index (χ1v) is 9.94. The van der Waals surface area contributed by atoms with Crippen LogP contribution in [0.15, 0.2) is 18.3 Å². The minimum Gasteiger partial charge on any atom is -0.377 e. The molecule has 29 heavy (non-hydrogen) atoms. The van der Waals surface area contributed by atoms with Gasteiger partial charge in [-0.05, 0) is 31.4 Å². The molecule has 162 valence electrons. The number of hydrogen-bond donors (Lipinski definition) is 1. The van der Waals surface area contributed by atoms with Crippen LogP contribution in [0.1, 0.15) is 24.8 Å². The maximum Gasteiger partial charge on any atom is 0.417 e. The van der Waals surface area contributed by atoms with Gasteiger partial charge in [-0.25, -0.2) is 9.78 Å². The number of carbonyl (C=O) groups is 1. The molecule has 1 atom stereocenters. The van der Waals surface area contributed by atoms with E-state index in [2.05, 4.69) is 10.3 Å². The number of carbonyl (C=O) groups excluding carboxylic acids is 1. The molecule has 1 aromatic rings. The Morgan fingerprint density at radius 1 is 1.24 bits per heavy atom. The number of nitrogens with one attached hydrogen (secondary N) is 1. The molecule has 0 saturated carbocycles. The van der Waals surface area contributed by atoms with Gasteiger partial charge in [0.1, 0.15) is 5.82 Å². The number of halogens is 3. The quantitative estimate of drug-likeness (QED) is 0.722. The second-order valence-corrected chi connectivity index (χ2v) is 7.17. The summed E-state index contributed by atoms with van der Waals surface area (Å²) in [5, 5.41) is 2.85. The second-order valence-electron chi connectivity index (χ2n) is 7.17. The number of aromatic nitrogens is 1. The maximum atomic E-state index is 12.7. The summed E-state index contributed by atoms with van der Waals surface area (Å²) in [6.07, 6.45) is -0.579. The van der Waals surface area contributed by atoms with E-state index < -0.39 is 11.7 Å². The van der Waals surface area contributed by atoms with Crippen LogP contribution >= 0.6 is 0 Å². The zero-order valence-corrected chi connectivity index (χ0v) is 16.3. The van der Waals surface area contributed by atoms with Crippen LogP contribution in [0.3, 0.4) is 0 Å². The number of hydrogen-bond acceptors (Lipinski definition) is 5. The molecule has 1 unspecified atom stereocenters. The number of amides is 2. The average Bonchev–Trinajstić information content (AvgIpc) is 3.09. The van der Waals surface area contributed by atoms with E-state index in [9.17, 15) is 18.0 Å². The van der Waals surface area contributed by atoms with E-state index >= 15 is 0 Å². The van der Waals surface area contributed by atoms with Crippen molar-refractivity contribution >= 4 is 11.8 Å². The van der Waals surface area contributed by atoms with E-state index in [1.54, 1.807) is 4.90 Å². The van der Waals surface area contributed by atoms with Crippen molar-refractivity contribution in [1.29, 1.82) is 0 Å². The van der Waals surface area contributed by atoms with Crippen LogP contribution in [0.5, 0.6) is 0 Å². The number of rotatable bonds is 6. The fourth-order valence-corrected chi connectivity index (χ4v) is 3.42. The van der Waals surface area contributed by atoms with Crippen molar-refractivity contribution in [3.05, 3.63) is 23.9 Å². The third kappa shape index (κ3) is 6.46. The van der Waals surface area contributed by atoms with Crippen molar-refractivity contribution in [3.8, 4) is 0 Å². The molecule has 0 aromatic carbocycles. The molecule has 0 aliphatic carbocycles. The van der Waals surface area contributed by atoms with Crippen molar-refractivity contribution in [2.45, 2.75) is 31.5 Å². The van der Waals surface area contributed by atoms with Crippen LogP contribution in [0.25, 0.3) is 0 Å². The monoisotopic (exact) mass is 416 g/mol. The Balaban J connectivity index is 1.39. The lowest BCUT2D eigenvalue weighted by Crippen LogP contribution is -2.43. The van der Waals surface area contributed by atoms with Crippen molar-refractivity contribution in [2.24, 2.45) is 0 Å². The predicted octanol–water partition coefficient (Wildman–Crippen LogP) is 2.52. The number of pyridine rings is 1. The second kappa shape index (κ2) is 10.1. The van der Waals surface area contributed by atoms with E-state index in [0.717, 1.165) is 31.7 Å². The first kappa shape index (κ1) is 21.6. The summed E-state index contributed by atoms with van der Waals surface area (Å²) < 4.78 is 49.0. The third-order valence-electron chi connectivity index (χ3n) is 5.03. The Morgan fingerprint density at radius 3 is 2.79 bits per heavy atom. The van der Waals surface area contributed by atoms with Gasteiger partial charge in [0, 0.05) is 45.5 Å². The molecule has 10 heteroatoms. The summed E-state index contributed by atoms with van der Waals surface area (Å²) in [6, 6.07) is 2.26. The molecule has 0 bridgehead atoms. The summed E-state index contributed by atoms with van der Waals surface area (Å²) in [6.45, 7) is 4.40. The van der Waals surface area contributed by atoms with E-state index in [4.69, 9.17) is 9.47 Å². The van der Waals surface area contributed by atoms with Gasteiger partial charge in [-0.2, -0.15) is 13.2 Å². The topological polar surface area (TPSA) is 66.9 Å². The van der Waals surface area contributed by atoms with E-state index in [0.29, 0.717) is 58.2 Å². The molecule has 2 amide bonds. The Morgan fingerprint density at radius 2 is 2.10 bits per heavy atom. The van der Waals surface area contributed by atoms with Gasteiger partial charge in [0.25, 0.3) is 0 Å². The molecule has 0 radical (unpaired) electrons. The SMILES string of the molecule is O=C(NCCOCC1CCCO1)N1CCCN(c2ccc(C(F)(F)F)cn2)CC1. The minimum absolute atomic E-state index is 0.159. The van der Waals surface area contributed by atoms with Crippen molar-refractivity contribution in [2.75, 3.05) is 57.4 Å². The predicted molar refractivity (Wildman–Crippen MR) is 101 cm³/mol. The third-order valence-corrected chi connectivity index (χ3v) is 5.03. The summed E-state index contributed by atoms with van der Waals surface area (Å²) in [7, 11) is 0. The largest absolute Gasteiger partial charge is 0.417 e. The summed E-state index contributed by atoms with van der Waals surface area (Å²) in [5.74, 6) is 0.489. The number of anilines is 1. The Hall–Kier alpha value is -2.07. The van der Waals surface area contributed by atoms with Gasteiger partial charge in [-0.1, -0.05) is 0 Å². The fraction of sp³-hybridized carbons (Fsp3) is 0.684. The Labute approximate surface area is 168 Å². The van der Waals surface area contributed by atoms with Gasteiger partial charge in [0.15, 0.2) is 0 Å². The molecule has 2 fully saturated rings. The molecule has 7 nitrogen and oxygen atoms in total. The van der Waals surface area contributed by atoms with Crippen LogP contribution in [0, 0.1) is 0 Å². The van der Waals surface area contributed by atoms with Gasteiger partial charge in [0.2, 0.25) is 0 Å². The van der Waals surface area contributed by atoms with Crippen LogP contribution in [-0.4, -0.2) is 74.6 Å². The highest BCUT2D eigenvalue weighted by Crippen LogP contribution is 2.29. The number of ether oxygens (including phenoxy) is 2.